The lowest BCUT2D eigenvalue weighted by atomic mass is 10.2. The number of hydrogen-bond acceptors (Lipinski definition) is 5. The molecule has 3 N–H and O–H groups in total. The van der Waals surface area contributed by atoms with E-state index in [4.69, 9.17) is 5.73 Å². The molecule has 7 heteroatoms. The summed E-state index contributed by atoms with van der Waals surface area (Å²) in [6.07, 6.45) is 0.758. The third-order valence-electron chi connectivity index (χ3n) is 3.04. The van der Waals surface area contributed by atoms with Crippen LogP contribution in [0.2, 0.25) is 0 Å². The van der Waals surface area contributed by atoms with E-state index < -0.39 is 11.2 Å². The van der Waals surface area contributed by atoms with Crippen LogP contribution in [0.5, 0.6) is 0 Å². The highest BCUT2D eigenvalue weighted by molar-refractivity contribution is 8.00. The predicted octanol–water partition coefficient (Wildman–Crippen LogP) is 2.92. The van der Waals surface area contributed by atoms with Gasteiger partial charge in [0.15, 0.2) is 0 Å². The minimum Gasteiger partial charge on any atom is -0.369 e. The Kier molecular flexibility index (Phi) is 5.57. The van der Waals surface area contributed by atoms with Crippen LogP contribution in [-0.2, 0) is 11.2 Å². The maximum atomic E-state index is 12.5. The highest BCUT2D eigenvalue weighted by atomic mass is 32.2. The highest BCUT2D eigenvalue weighted by Gasteiger charge is 2.18. The Morgan fingerprint density at radius 1 is 1.41 bits per heavy atom. The van der Waals surface area contributed by atoms with Crippen molar-refractivity contribution >= 4 is 39.9 Å². The molecule has 0 saturated heterocycles. The summed E-state index contributed by atoms with van der Waals surface area (Å²) in [6, 6.07) is 7.17. The number of aryl methyl sites for hydroxylation is 1. The quantitative estimate of drug-likeness (QED) is 0.795. The minimum atomic E-state index is -0.407. The molecule has 5 nitrogen and oxygen atoms in total. The first-order chi connectivity index (χ1) is 10.5. The summed E-state index contributed by atoms with van der Waals surface area (Å²) in [5.41, 5.74) is 8.40. The van der Waals surface area contributed by atoms with Crippen molar-refractivity contribution in [3.05, 3.63) is 41.0 Å². The molecule has 0 aliphatic rings. The number of amides is 2. The number of anilines is 1. The SMILES string of the molecule is CCc1ncsc1NC(=O)c1ccccc1SC(C)C(N)=O. The van der Waals surface area contributed by atoms with Crippen molar-refractivity contribution in [2.75, 3.05) is 5.32 Å². The van der Waals surface area contributed by atoms with Crippen LogP contribution < -0.4 is 11.1 Å². The molecule has 1 heterocycles. The van der Waals surface area contributed by atoms with Gasteiger partial charge in [-0.3, -0.25) is 9.59 Å². The fraction of sp³-hybridized carbons (Fsp3) is 0.267. The van der Waals surface area contributed by atoms with E-state index in [1.165, 1.54) is 23.1 Å². The smallest absolute Gasteiger partial charge is 0.257 e. The number of thiazole rings is 1. The molecule has 22 heavy (non-hydrogen) atoms. The molecule has 0 aliphatic heterocycles. The van der Waals surface area contributed by atoms with E-state index in [1.54, 1.807) is 24.6 Å². The number of nitrogens with two attached hydrogens (primary N) is 1. The number of nitrogens with one attached hydrogen (secondary N) is 1. The molecule has 0 fully saturated rings. The first-order valence-corrected chi connectivity index (χ1v) is 8.57. The lowest BCUT2D eigenvalue weighted by Crippen LogP contribution is -2.23. The van der Waals surface area contributed by atoms with Crippen LogP contribution in [0.1, 0.15) is 29.9 Å². The van der Waals surface area contributed by atoms with Gasteiger partial charge in [-0.15, -0.1) is 23.1 Å². The third kappa shape index (κ3) is 3.86. The van der Waals surface area contributed by atoms with Gasteiger partial charge >= 0.3 is 0 Å². The molecular weight excluding hydrogens is 318 g/mol. The van der Waals surface area contributed by atoms with Crippen molar-refractivity contribution in [2.45, 2.75) is 30.4 Å². The maximum absolute atomic E-state index is 12.5. The molecule has 0 spiro atoms. The van der Waals surface area contributed by atoms with Crippen LogP contribution in [0.3, 0.4) is 0 Å². The number of hydrogen-bond donors (Lipinski definition) is 2. The van der Waals surface area contributed by atoms with Gasteiger partial charge in [0.25, 0.3) is 5.91 Å². The first-order valence-electron chi connectivity index (χ1n) is 6.81. The maximum Gasteiger partial charge on any atom is 0.257 e. The fourth-order valence-corrected chi connectivity index (χ4v) is 3.51. The van der Waals surface area contributed by atoms with Crippen molar-refractivity contribution in [2.24, 2.45) is 5.73 Å². The van der Waals surface area contributed by atoms with Crippen LogP contribution >= 0.6 is 23.1 Å². The van der Waals surface area contributed by atoms with Crippen molar-refractivity contribution in [3.8, 4) is 0 Å². The number of carbonyl (C=O) groups excluding carboxylic acids is 2. The topological polar surface area (TPSA) is 85.1 Å². The van der Waals surface area contributed by atoms with Gasteiger partial charge in [-0.25, -0.2) is 4.98 Å². The second-order valence-electron chi connectivity index (χ2n) is 4.59. The van der Waals surface area contributed by atoms with E-state index in [-0.39, 0.29) is 5.91 Å². The molecule has 0 saturated carbocycles. The number of primary amides is 1. The second-order valence-corrected chi connectivity index (χ2v) is 6.83. The largest absolute Gasteiger partial charge is 0.369 e. The number of benzene rings is 1. The standard InChI is InChI=1S/C15H17N3O2S2/c1-3-11-15(21-8-17-11)18-14(20)10-6-4-5-7-12(10)22-9(2)13(16)19/h4-9H,3H2,1-2H3,(H2,16,19)(H,18,20). The van der Waals surface area contributed by atoms with Gasteiger partial charge in [-0.05, 0) is 25.5 Å². The molecule has 1 unspecified atom stereocenters. The Labute approximate surface area is 137 Å². The molecule has 2 rings (SSSR count). The number of nitrogens with zero attached hydrogens (tertiary/aromatic N) is 1. The lowest BCUT2D eigenvalue weighted by molar-refractivity contribution is -0.117. The summed E-state index contributed by atoms with van der Waals surface area (Å²) in [6.45, 7) is 3.71. The highest BCUT2D eigenvalue weighted by Crippen LogP contribution is 2.28. The Balaban J connectivity index is 2.21. The van der Waals surface area contributed by atoms with Crippen molar-refractivity contribution in [3.63, 3.8) is 0 Å². The number of carbonyl (C=O) groups is 2. The van der Waals surface area contributed by atoms with Gasteiger partial charge < -0.3 is 11.1 Å². The van der Waals surface area contributed by atoms with E-state index in [2.05, 4.69) is 10.3 Å². The first kappa shape index (κ1) is 16.5. The molecule has 1 aromatic heterocycles. The van der Waals surface area contributed by atoms with Crippen LogP contribution in [0.15, 0.2) is 34.7 Å². The average Bonchev–Trinajstić information content (AvgIpc) is 2.94. The van der Waals surface area contributed by atoms with Gasteiger partial charge in [0.1, 0.15) is 5.00 Å². The summed E-state index contributed by atoms with van der Waals surface area (Å²) in [4.78, 5) is 28.7. The van der Waals surface area contributed by atoms with Crippen molar-refractivity contribution in [1.29, 1.82) is 0 Å². The summed E-state index contributed by atoms with van der Waals surface area (Å²) in [7, 11) is 0. The molecule has 2 amide bonds. The average molecular weight is 335 g/mol. The van der Waals surface area contributed by atoms with Crippen LogP contribution in [0, 0.1) is 0 Å². The molecule has 2 aromatic rings. The second kappa shape index (κ2) is 7.42. The minimum absolute atomic E-state index is 0.210. The van der Waals surface area contributed by atoms with Crippen LogP contribution in [0.4, 0.5) is 5.00 Å². The van der Waals surface area contributed by atoms with Crippen LogP contribution in [0.25, 0.3) is 0 Å². The van der Waals surface area contributed by atoms with E-state index >= 15 is 0 Å². The molecule has 0 aliphatic carbocycles. The van der Waals surface area contributed by atoms with Crippen LogP contribution in [-0.4, -0.2) is 22.0 Å². The lowest BCUT2D eigenvalue weighted by Gasteiger charge is -2.12. The predicted molar refractivity (Wildman–Crippen MR) is 90.4 cm³/mol. The number of rotatable bonds is 6. The molecular formula is C15H17N3O2S2. The molecule has 0 radical (unpaired) electrons. The summed E-state index contributed by atoms with van der Waals surface area (Å²) in [5.74, 6) is -0.616. The van der Waals surface area contributed by atoms with E-state index in [9.17, 15) is 9.59 Å². The Hall–Kier alpha value is -1.86. The summed E-state index contributed by atoms with van der Waals surface area (Å²) < 4.78 is 0. The monoisotopic (exact) mass is 335 g/mol. The van der Waals surface area contributed by atoms with Crippen molar-refractivity contribution < 1.29 is 9.59 Å². The summed E-state index contributed by atoms with van der Waals surface area (Å²) >= 11 is 2.68. The Morgan fingerprint density at radius 3 is 2.82 bits per heavy atom. The van der Waals surface area contributed by atoms with Gasteiger partial charge in [0.05, 0.1) is 22.0 Å². The Morgan fingerprint density at radius 2 is 2.14 bits per heavy atom. The molecule has 0 bridgehead atoms. The Bertz CT molecular complexity index is 685. The zero-order valence-corrected chi connectivity index (χ0v) is 14.0. The molecule has 1 aromatic carbocycles. The number of aromatic nitrogens is 1. The van der Waals surface area contributed by atoms with Gasteiger partial charge in [0.2, 0.25) is 5.91 Å². The molecule has 116 valence electrons. The normalized spacial score (nSPS) is 11.9. The van der Waals surface area contributed by atoms with E-state index in [1.807, 2.05) is 19.1 Å². The van der Waals surface area contributed by atoms with E-state index in [0.29, 0.717) is 5.56 Å². The number of thioether (sulfide) groups is 1. The van der Waals surface area contributed by atoms with Gasteiger partial charge in [0, 0.05) is 4.90 Å². The third-order valence-corrected chi connectivity index (χ3v) is 5.02. The van der Waals surface area contributed by atoms with Gasteiger partial charge in [-0.1, -0.05) is 19.1 Å². The van der Waals surface area contributed by atoms with Crippen molar-refractivity contribution in [1.82, 2.24) is 4.98 Å². The fourth-order valence-electron chi connectivity index (χ4n) is 1.80. The zero-order chi connectivity index (χ0) is 16.1. The molecule has 1 atom stereocenters. The zero-order valence-electron chi connectivity index (χ0n) is 12.3. The van der Waals surface area contributed by atoms with Gasteiger partial charge in [-0.2, -0.15) is 0 Å². The van der Waals surface area contributed by atoms with E-state index in [0.717, 1.165) is 22.0 Å². The summed E-state index contributed by atoms with van der Waals surface area (Å²) in [5, 5.41) is 3.25.